The number of piperidine rings is 1. The quantitative estimate of drug-likeness (QED) is 0.796. The first-order chi connectivity index (χ1) is 14.1. The van der Waals surface area contributed by atoms with Crippen LogP contribution < -0.4 is 15.1 Å². The highest BCUT2D eigenvalue weighted by atomic mass is 16.2. The Bertz CT molecular complexity index is 919. The van der Waals surface area contributed by atoms with E-state index in [0.717, 1.165) is 56.0 Å². The number of hydrogen-bond donors (Lipinski definition) is 1. The van der Waals surface area contributed by atoms with Crippen LogP contribution in [0, 0.1) is 17.8 Å². The van der Waals surface area contributed by atoms with Gasteiger partial charge in [-0.15, -0.1) is 0 Å². The zero-order chi connectivity index (χ0) is 20.2. The third-order valence-electron chi connectivity index (χ3n) is 5.83. The minimum Gasteiger partial charge on any atom is -0.363 e. The van der Waals surface area contributed by atoms with Gasteiger partial charge in [-0.05, 0) is 62.7 Å². The topological polar surface area (TPSA) is 35.6 Å². The molecule has 0 spiro atoms. The van der Waals surface area contributed by atoms with Crippen molar-refractivity contribution in [3.05, 3.63) is 59.7 Å². The van der Waals surface area contributed by atoms with Gasteiger partial charge >= 0.3 is 0 Å². The fraction of sp³-hybridized carbons (Fsp3) is 0.400. The molecule has 2 heterocycles. The maximum Gasteiger partial charge on any atom is 0.224 e. The number of amides is 1. The van der Waals surface area contributed by atoms with Crippen molar-refractivity contribution in [3.8, 4) is 11.8 Å². The molecule has 2 aromatic carbocycles. The highest BCUT2D eigenvalue weighted by Crippen LogP contribution is 2.36. The number of rotatable bonds is 2. The van der Waals surface area contributed by atoms with Crippen LogP contribution in [0.25, 0.3) is 0 Å². The van der Waals surface area contributed by atoms with Gasteiger partial charge in [0.2, 0.25) is 5.91 Å². The fourth-order valence-electron chi connectivity index (χ4n) is 4.37. The Hall–Kier alpha value is -2.77. The van der Waals surface area contributed by atoms with Gasteiger partial charge in [-0.2, -0.15) is 0 Å². The third-order valence-corrected chi connectivity index (χ3v) is 5.83. The number of benzene rings is 2. The van der Waals surface area contributed by atoms with E-state index in [1.165, 1.54) is 5.56 Å². The van der Waals surface area contributed by atoms with E-state index in [4.69, 9.17) is 0 Å². The molecular formula is C25H29N3O. The van der Waals surface area contributed by atoms with Crippen molar-refractivity contribution in [3.63, 3.8) is 0 Å². The van der Waals surface area contributed by atoms with Gasteiger partial charge in [-0.1, -0.05) is 36.1 Å². The van der Waals surface area contributed by atoms with E-state index in [-0.39, 0.29) is 11.9 Å². The number of anilines is 2. The van der Waals surface area contributed by atoms with E-state index >= 15 is 0 Å². The SMILES string of the molecule is CC(=O)N1c2ccccc2N(Cc2ccc(C#CC3CCNCC3)cc2)C[C@@H]1C. The first-order valence-electron chi connectivity index (χ1n) is 10.6. The molecular weight excluding hydrogens is 358 g/mol. The van der Waals surface area contributed by atoms with Gasteiger partial charge in [0.1, 0.15) is 0 Å². The first-order valence-corrected chi connectivity index (χ1v) is 10.6. The van der Waals surface area contributed by atoms with E-state index < -0.39 is 0 Å². The summed E-state index contributed by atoms with van der Waals surface area (Å²) in [4.78, 5) is 16.4. The molecule has 2 aromatic rings. The Morgan fingerprint density at radius 2 is 1.76 bits per heavy atom. The molecule has 0 unspecified atom stereocenters. The second kappa shape index (κ2) is 8.71. The number of para-hydroxylation sites is 2. The van der Waals surface area contributed by atoms with Crippen molar-refractivity contribution in [2.45, 2.75) is 39.3 Å². The summed E-state index contributed by atoms with van der Waals surface area (Å²) in [7, 11) is 0. The van der Waals surface area contributed by atoms with E-state index in [9.17, 15) is 4.79 Å². The van der Waals surface area contributed by atoms with Crippen LogP contribution in [0.4, 0.5) is 11.4 Å². The fourth-order valence-corrected chi connectivity index (χ4v) is 4.37. The van der Waals surface area contributed by atoms with Gasteiger partial charge in [0, 0.05) is 31.5 Å². The van der Waals surface area contributed by atoms with Crippen LogP contribution in [0.5, 0.6) is 0 Å². The number of nitrogens with zero attached hydrogens (tertiary/aromatic N) is 2. The van der Waals surface area contributed by atoms with Gasteiger partial charge in [0.25, 0.3) is 0 Å². The lowest BCUT2D eigenvalue weighted by Gasteiger charge is -2.41. The summed E-state index contributed by atoms with van der Waals surface area (Å²) < 4.78 is 0. The summed E-state index contributed by atoms with van der Waals surface area (Å²) >= 11 is 0. The molecule has 1 amide bonds. The molecule has 29 heavy (non-hydrogen) atoms. The zero-order valence-electron chi connectivity index (χ0n) is 17.3. The number of carbonyl (C=O) groups excluding carboxylic acids is 1. The Labute approximate surface area is 173 Å². The lowest BCUT2D eigenvalue weighted by atomic mass is 9.98. The summed E-state index contributed by atoms with van der Waals surface area (Å²) in [6.07, 6.45) is 2.30. The van der Waals surface area contributed by atoms with Crippen molar-refractivity contribution < 1.29 is 4.79 Å². The first kappa shape index (κ1) is 19.5. The summed E-state index contributed by atoms with van der Waals surface area (Å²) in [6.45, 7) is 7.57. The zero-order valence-corrected chi connectivity index (χ0v) is 17.3. The maximum absolute atomic E-state index is 12.1. The third kappa shape index (κ3) is 4.46. The lowest BCUT2D eigenvalue weighted by Crippen LogP contribution is -2.49. The van der Waals surface area contributed by atoms with Crippen molar-refractivity contribution >= 4 is 17.3 Å². The van der Waals surface area contributed by atoms with Gasteiger partial charge in [-0.25, -0.2) is 0 Å². The molecule has 0 aromatic heterocycles. The number of carbonyl (C=O) groups is 1. The highest BCUT2D eigenvalue weighted by Gasteiger charge is 2.30. The monoisotopic (exact) mass is 387 g/mol. The average molecular weight is 388 g/mol. The Kier molecular flexibility index (Phi) is 5.87. The molecule has 1 saturated heterocycles. The van der Waals surface area contributed by atoms with Crippen LogP contribution in [-0.4, -0.2) is 31.6 Å². The molecule has 0 bridgehead atoms. The minimum atomic E-state index is 0.0984. The number of fused-ring (bicyclic) bond motifs is 1. The normalized spacial score (nSPS) is 19.3. The molecule has 4 nitrogen and oxygen atoms in total. The lowest BCUT2D eigenvalue weighted by molar-refractivity contribution is -0.117. The van der Waals surface area contributed by atoms with E-state index in [1.54, 1.807) is 6.92 Å². The molecule has 1 fully saturated rings. The molecule has 2 aliphatic heterocycles. The van der Waals surface area contributed by atoms with E-state index in [1.807, 2.05) is 23.1 Å². The average Bonchev–Trinajstić information content (AvgIpc) is 2.74. The minimum absolute atomic E-state index is 0.0984. The molecule has 2 aliphatic rings. The molecule has 0 saturated carbocycles. The van der Waals surface area contributed by atoms with Crippen LogP contribution in [0.3, 0.4) is 0 Å². The Balaban J connectivity index is 1.48. The largest absolute Gasteiger partial charge is 0.363 e. The second-order valence-corrected chi connectivity index (χ2v) is 8.10. The van der Waals surface area contributed by atoms with Crippen LogP contribution in [0.2, 0.25) is 0 Å². The molecule has 4 heteroatoms. The van der Waals surface area contributed by atoms with Crippen molar-refractivity contribution in [1.82, 2.24) is 5.32 Å². The second-order valence-electron chi connectivity index (χ2n) is 8.10. The van der Waals surface area contributed by atoms with Gasteiger partial charge < -0.3 is 15.1 Å². The van der Waals surface area contributed by atoms with Crippen LogP contribution in [0.1, 0.15) is 37.8 Å². The van der Waals surface area contributed by atoms with E-state index in [0.29, 0.717) is 5.92 Å². The predicted molar refractivity (Wildman–Crippen MR) is 119 cm³/mol. The Morgan fingerprint density at radius 1 is 1.07 bits per heavy atom. The van der Waals surface area contributed by atoms with Crippen LogP contribution >= 0.6 is 0 Å². The van der Waals surface area contributed by atoms with Crippen molar-refractivity contribution in [2.75, 3.05) is 29.4 Å². The van der Waals surface area contributed by atoms with Crippen molar-refractivity contribution in [2.24, 2.45) is 5.92 Å². The van der Waals surface area contributed by atoms with Crippen molar-refractivity contribution in [1.29, 1.82) is 0 Å². The molecule has 4 rings (SSSR count). The number of hydrogen-bond acceptors (Lipinski definition) is 3. The number of nitrogens with one attached hydrogen (secondary N) is 1. The summed E-state index contributed by atoms with van der Waals surface area (Å²) in [5, 5.41) is 3.38. The van der Waals surface area contributed by atoms with E-state index in [2.05, 4.69) is 59.3 Å². The van der Waals surface area contributed by atoms with Gasteiger partial charge in [-0.3, -0.25) is 4.79 Å². The summed E-state index contributed by atoms with van der Waals surface area (Å²) in [5.41, 5.74) is 4.47. The maximum atomic E-state index is 12.1. The molecule has 1 N–H and O–H groups in total. The predicted octanol–water partition coefficient (Wildman–Crippen LogP) is 3.80. The smallest absolute Gasteiger partial charge is 0.224 e. The molecule has 150 valence electrons. The molecule has 1 atom stereocenters. The Morgan fingerprint density at radius 3 is 2.45 bits per heavy atom. The van der Waals surface area contributed by atoms with Gasteiger partial charge in [0.05, 0.1) is 17.4 Å². The standard InChI is InChI=1S/C25H29N3O/c1-19-17-27(24-5-3-4-6-25(24)28(19)20(2)29)18-23-11-9-21(10-12-23)7-8-22-13-15-26-16-14-22/h3-6,9-12,19,22,26H,13-18H2,1-2H3/t19-/m0/s1. The van der Waals surface area contributed by atoms with Gasteiger partial charge in [0.15, 0.2) is 0 Å². The molecule has 0 aliphatic carbocycles. The van der Waals surface area contributed by atoms with Crippen LogP contribution in [-0.2, 0) is 11.3 Å². The van der Waals surface area contributed by atoms with Crippen LogP contribution in [0.15, 0.2) is 48.5 Å². The highest BCUT2D eigenvalue weighted by molar-refractivity contribution is 5.97. The summed E-state index contributed by atoms with van der Waals surface area (Å²) in [6, 6.07) is 17.0. The molecule has 0 radical (unpaired) electrons. The summed E-state index contributed by atoms with van der Waals surface area (Å²) in [5.74, 6) is 7.40.